The van der Waals surface area contributed by atoms with Crippen molar-refractivity contribution >= 4 is 17.7 Å². The second-order valence-electron chi connectivity index (χ2n) is 7.27. The average molecular weight is 432 g/mol. The molecule has 1 fully saturated rings. The van der Waals surface area contributed by atoms with Crippen molar-refractivity contribution in [3.05, 3.63) is 53.9 Å². The van der Waals surface area contributed by atoms with E-state index in [1.165, 1.54) is 0 Å². The molecule has 0 bridgehead atoms. The molecule has 1 aromatic carbocycles. The Labute approximate surface area is 175 Å². The van der Waals surface area contributed by atoms with Crippen molar-refractivity contribution in [3.63, 3.8) is 0 Å². The number of anilines is 2. The van der Waals surface area contributed by atoms with Gasteiger partial charge in [0.25, 0.3) is 6.43 Å². The van der Waals surface area contributed by atoms with E-state index in [0.717, 1.165) is 16.7 Å². The standard InChI is InChI=1S/C20H19F3N6O2/c1-10-3-12(13-6-25-29(8-13)9-16-11(2)26-20(30)31-16)5-14(4-10)27-19-24-7-15(21)17(28-19)18(22)23/h3-8,11,16,18H,9H2,1-2H3,(H,26,30)(H,24,27,28). The van der Waals surface area contributed by atoms with E-state index in [9.17, 15) is 18.0 Å². The van der Waals surface area contributed by atoms with Crippen molar-refractivity contribution in [2.24, 2.45) is 0 Å². The molecule has 0 radical (unpaired) electrons. The fourth-order valence-electron chi connectivity index (χ4n) is 3.29. The topological polar surface area (TPSA) is 94.0 Å². The minimum absolute atomic E-state index is 0.122. The zero-order valence-corrected chi connectivity index (χ0v) is 16.6. The largest absolute Gasteiger partial charge is 0.442 e. The summed E-state index contributed by atoms with van der Waals surface area (Å²) >= 11 is 0. The van der Waals surface area contributed by atoms with E-state index in [1.807, 2.05) is 26.1 Å². The summed E-state index contributed by atoms with van der Waals surface area (Å²) in [5, 5.41) is 9.85. The molecule has 1 aliphatic rings. The summed E-state index contributed by atoms with van der Waals surface area (Å²) in [4.78, 5) is 18.6. The number of nitrogens with zero attached hydrogens (tertiary/aromatic N) is 4. The number of carbonyl (C=O) groups is 1. The molecule has 2 unspecified atom stereocenters. The van der Waals surface area contributed by atoms with Crippen molar-refractivity contribution in [2.45, 2.75) is 39.0 Å². The van der Waals surface area contributed by atoms with Gasteiger partial charge >= 0.3 is 6.09 Å². The third-order valence-corrected chi connectivity index (χ3v) is 4.81. The molecular weight excluding hydrogens is 413 g/mol. The molecule has 162 valence electrons. The van der Waals surface area contributed by atoms with Gasteiger partial charge < -0.3 is 15.4 Å². The van der Waals surface area contributed by atoms with Gasteiger partial charge in [0.1, 0.15) is 11.8 Å². The summed E-state index contributed by atoms with van der Waals surface area (Å²) in [6.07, 6.45) is 0.396. The number of aryl methyl sites for hydroxylation is 1. The number of aromatic nitrogens is 4. The van der Waals surface area contributed by atoms with Crippen LogP contribution in [0.2, 0.25) is 0 Å². The third-order valence-electron chi connectivity index (χ3n) is 4.81. The van der Waals surface area contributed by atoms with Gasteiger partial charge in [0.05, 0.1) is 25.0 Å². The van der Waals surface area contributed by atoms with Crippen LogP contribution in [0.3, 0.4) is 0 Å². The Morgan fingerprint density at radius 3 is 2.77 bits per heavy atom. The lowest BCUT2D eigenvalue weighted by atomic mass is 10.1. The molecule has 3 heterocycles. The zero-order valence-electron chi connectivity index (χ0n) is 16.6. The number of halogens is 3. The first-order chi connectivity index (χ1) is 14.8. The van der Waals surface area contributed by atoms with Crippen molar-refractivity contribution in [3.8, 4) is 11.1 Å². The van der Waals surface area contributed by atoms with Gasteiger partial charge in [-0.05, 0) is 37.1 Å². The van der Waals surface area contributed by atoms with Crippen LogP contribution in [0.4, 0.5) is 29.6 Å². The van der Waals surface area contributed by atoms with Crippen molar-refractivity contribution in [1.29, 1.82) is 0 Å². The lowest BCUT2D eigenvalue weighted by Crippen LogP contribution is -2.31. The lowest BCUT2D eigenvalue weighted by Gasteiger charge is -2.12. The molecule has 1 saturated heterocycles. The Balaban J connectivity index is 1.54. The molecule has 2 N–H and O–H groups in total. The van der Waals surface area contributed by atoms with Gasteiger partial charge in [-0.15, -0.1) is 0 Å². The van der Waals surface area contributed by atoms with Crippen LogP contribution in [-0.2, 0) is 11.3 Å². The molecule has 2 atom stereocenters. The number of alkyl carbamates (subject to hydrolysis) is 1. The van der Waals surface area contributed by atoms with Gasteiger partial charge in [-0.25, -0.2) is 27.9 Å². The predicted molar refractivity (Wildman–Crippen MR) is 105 cm³/mol. The Kier molecular flexibility index (Phi) is 5.49. The molecule has 8 nitrogen and oxygen atoms in total. The maximum atomic E-state index is 13.4. The minimum atomic E-state index is -3.04. The van der Waals surface area contributed by atoms with E-state index in [2.05, 4.69) is 25.7 Å². The molecule has 0 saturated carbocycles. The number of hydrogen-bond donors (Lipinski definition) is 2. The minimum Gasteiger partial charge on any atom is -0.442 e. The number of nitrogens with one attached hydrogen (secondary N) is 2. The van der Waals surface area contributed by atoms with Crippen LogP contribution >= 0.6 is 0 Å². The lowest BCUT2D eigenvalue weighted by molar-refractivity contribution is 0.120. The first kappa shape index (κ1) is 20.6. The molecule has 31 heavy (non-hydrogen) atoms. The molecule has 2 aromatic heterocycles. The highest BCUT2D eigenvalue weighted by atomic mass is 19.3. The SMILES string of the molecule is Cc1cc(Nc2ncc(F)c(C(F)F)n2)cc(-c2cnn(CC3OC(=O)NC3C)c2)c1. The van der Waals surface area contributed by atoms with E-state index in [4.69, 9.17) is 4.74 Å². The Morgan fingerprint density at radius 1 is 1.26 bits per heavy atom. The highest BCUT2D eigenvalue weighted by Crippen LogP contribution is 2.27. The average Bonchev–Trinajstić information content (AvgIpc) is 3.29. The van der Waals surface area contributed by atoms with Gasteiger partial charge in [-0.1, -0.05) is 6.07 Å². The van der Waals surface area contributed by atoms with Crippen LogP contribution in [0.5, 0.6) is 0 Å². The fraction of sp³-hybridized carbons (Fsp3) is 0.300. The van der Waals surface area contributed by atoms with Gasteiger partial charge in [0, 0.05) is 17.4 Å². The number of cyclic esters (lactones) is 1. The van der Waals surface area contributed by atoms with E-state index in [0.29, 0.717) is 18.4 Å². The van der Waals surface area contributed by atoms with Crippen LogP contribution in [0.25, 0.3) is 11.1 Å². The van der Waals surface area contributed by atoms with Crippen LogP contribution in [0.1, 0.15) is 24.6 Å². The van der Waals surface area contributed by atoms with Crippen molar-refractivity contribution in [2.75, 3.05) is 5.32 Å². The second kappa shape index (κ2) is 8.25. The van der Waals surface area contributed by atoms with E-state index in [-0.39, 0.29) is 18.1 Å². The summed E-state index contributed by atoms with van der Waals surface area (Å²) in [5.41, 5.74) is 2.12. The zero-order chi connectivity index (χ0) is 22.1. The summed E-state index contributed by atoms with van der Waals surface area (Å²) in [7, 11) is 0. The summed E-state index contributed by atoms with van der Waals surface area (Å²) in [6.45, 7) is 4.13. The second-order valence-corrected chi connectivity index (χ2v) is 7.27. The molecule has 0 spiro atoms. The van der Waals surface area contributed by atoms with Crippen molar-refractivity contribution in [1.82, 2.24) is 25.1 Å². The molecular formula is C20H19F3N6O2. The highest BCUT2D eigenvalue weighted by Gasteiger charge is 2.30. The first-order valence-corrected chi connectivity index (χ1v) is 9.48. The normalized spacial score (nSPS) is 18.2. The van der Waals surface area contributed by atoms with Crippen LogP contribution in [0.15, 0.2) is 36.8 Å². The van der Waals surface area contributed by atoms with Gasteiger partial charge in [-0.3, -0.25) is 4.68 Å². The van der Waals surface area contributed by atoms with Gasteiger partial charge in [0.15, 0.2) is 5.82 Å². The summed E-state index contributed by atoms with van der Waals surface area (Å²) < 4.78 is 46.1. The maximum absolute atomic E-state index is 13.4. The summed E-state index contributed by atoms with van der Waals surface area (Å²) in [5.74, 6) is -1.29. The number of alkyl halides is 2. The molecule has 1 aliphatic heterocycles. The number of amides is 1. The fourth-order valence-corrected chi connectivity index (χ4v) is 3.29. The summed E-state index contributed by atoms with van der Waals surface area (Å²) in [6, 6.07) is 5.38. The molecule has 3 aromatic rings. The maximum Gasteiger partial charge on any atom is 0.407 e. The third kappa shape index (κ3) is 4.60. The van der Waals surface area contributed by atoms with Crippen LogP contribution < -0.4 is 10.6 Å². The number of hydrogen-bond acceptors (Lipinski definition) is 6. The Bertz CT molecular complexity index is 1120. The number of carbonyl (C=O) groups excluding carboxylic acids is 1. The Hall–Kier alpha value is -3.63. The van der Waals surface area contributed by atoms with Crippen LogP contribution in [-0.4, -0.2) is 38.0 Å². The monoisotopic (exact) mass is 432 g/mol. The molecule has 1 amide bonds. The first-order valence-electron chi connectivity index (χ1n) is 9.48. The van der Waals surface area contributed by atoms with E-state index in [1.54, 1.807) is 23.0 Å². The highest BCUT2D eigenvalue weighted by molar-refractivity contribution is 5.71. The number of ether oxygens (including phenoxy) is 1. The van der Waals surface area contributed by atoms with Gasteiger partial charge in [-0.2, -0.15) is 5.10 Å². The number of benzene rings is 1. The molecule has 11 heteroatoms. The predicted octanol–water partition coefficient (Wildman–Crippen LogP) is 3.97. The quantitative estimate of drug-likeness (QED) is 0.612. The Morgan fingerprint density at radius 2 is 2.06 bits per heavy atom. The molecule has 4 rings (SSSR count). The van der Waals surface area contributed by atoms with Crippen LogP contribution in [0, 0.1) is 12.7 Å². The van der Waals surface area contributed by atoms with Crippen molar-refractivity contribution < 1.29 is 22.7 Å². The van der Waals surface area contributed by atoms with E-state index < -0.39 is 24.0 Å². The van der Waals surface area contributed by atoms with E-state index >= 15 is 0 Å². The molecule has 0 aliphatic carbocycles. The smallest absolute Gasteiger partial charge is 0.407 e. The number of rotatable bonds is 6. The van der Waals surface area contributed by atoms with Gasteiger partial charge in [0.2, 0.25) is 5.95 Å².